The molecule has 0 bridgehead atoms. The van der Waals surface area contributed by atoms with Crippen molar-refractivity contribution in [3.05, 3.63) is 64.2 Å². The number of rotatable bonds is 4. The van der Waals surface area contributed by atoms with E-state index in [0.29, 0.717) is 12.1 Å². The van der Waals surface area contributed by atoms with Crippen LogP contribution in [0.5, 0.6) is 0 Å². The predicted molar refractivity (Wildman–Crippen MR) is 93.3 cm³/mol. The molecule has 0 atom stereocenters. The summed E-state index contributed by atoms with van der Waals surface area (Å²) < 4.78 is 1.94. The quantitative estimate of drug-likeness (QED) is 0.774. The van der Waals surface area contributed by atoms with Gasteiger partial charge >= 0.3 is 0 Å². The van der Waals surface area contributed by atoms with Crippen LogP contribution >= 0.6 is 0 Å². The number of amides is 1. The third-order valence-electron chi connectivity index (χ3n) is 3.99. The van der Waals surface area contributed by atoms with Crippen LogP contribution < -0.4 is 5.32 Å². The highest BCUT2D eigenvalue weighted by Gasteiger charge is 2.12. The van der Waals surface area contributed by atoms with Gasteiger partial charge < -0.3 is 5.32 Å². The average Bonchev–Trinajstić information content (AvgIpc) is 3.03. The first-order valence-electron chi connectivity index (χ1n) is 7.87. The van der Waals surface area contributed by atoms with E-state index in [9.17, 15) is 4.79 Å². The molecular formula is C18H21N5O. The van der Waals surface area contributed by atoms with E-state index >= 15 is 0 Å². The molecule has 0 unspecified atom stereocenters. The van der Waals surface area contributed by atoms with Crippen molar-refractivity contribution in [1.82, 2.24) is 20.0 Å². The molecule has 0 spiro atoms. The van der Waals surface area contributed by atoms with Crippen molar-refractivity contribution in [3.8, 4) is 0 Å². The highest BCUT2D eigenvalue weighted by Crippen LogP contribution is 2.18. The van der Waals surface area contributed by atoms with Gasteiger partial charge in [-0.3, -0.25) is 14.6 Å². The second-order valence-electron chi connectivity index (χ2n) is 6.05. The van der Waals surface area contributed by atoms with Gasteiger partial charge in [-0.1, -0.05) is 12.1 Å². The van der Waals surface area contributed by atoms with Crippen LogP contribution in [0.25, 0.3) is 0 Å². The highest BCUT2D eigenvalue weighted by atomic mass is 16.1. The fourth-order valence-electron chi connectivity index (χ4n) is 2.74. The first kappa shape index (κ1) is 16.0. The average molecular weight is 323 g/mol. The summed E-state index contributed by atoms with van der Waals surface area (Å²) in [6, 6.07) is 9.65. The Bertz CT molecular complexity index is 871. The summed E-state index contributed by atoms with van der Waals surface area (Å²) in [4.78, 5) is 12.5. The van der Waals surface area contributed by atoms with Crippen molar-refractivity contribution >= 4 is 11.6 Å². The van der Waals surface area contributed by atoms with Crippen LogP contribution in [0.4, 0.5) is 5.69 Å². The molecule has 0 aliphatic heterocycles. The van der Waals surface area contributed by atoms with Gasteiger partial charge in [0, 0.05) is 11.3 Å². The molecule has 2 aromatic heterocycles. The number of hydrogen-bond acceptors (Lipinski definition) is 3. The van der Waals surface area contributed by atoms with Crippen molar-refractivity contribution in [3.63, 3.8) is 0 Å². The van der Waals surface area contributed by atoms with E-state index < -0.39 is 0 Å². The van der Waals surface area contributed by atoms with E-state index in [1.54, 1.807) is 0 Å². The van der Waals surface area contributed by atoms with Crippen molar-refractivity contribution < 1.29 is 4.79 Å². The number of carbonyl (C=O) groups is 1. The van der Waals surface area contributed by atoms with E-state index in [0.717, 1.165) is 34.0 Å². The number of aryl methyl sites for hydroxylation is 4. The molecule has 6 heteroatoms. The van der Waals surface area contributed by atoms with Gasteiger partial charge in [0.15, 0.2) is 0 Å². The molecule has 0 aliphatic carbocycles. The summed E-state index contributed by atoms with van der Waals surface area (Å²) in [6.07, 6.45) is 0. The van der Waals surface area contributed by atoms with Gasteiger partial charge in [-0.25, -0.2) is 0 Å². The molecule has 24 heavy (non-hydrogen) atoms. The fourth-order valence-corrected chi connectivity index (χ4v) is 2.74. The van der Waals surface area contributed by atoms with Gasteiger partial charge in [0.05, 0.1) is 29.3 Å². The van der Waals surface area contributed by atoms with E-state index in [4.69, 9.17) is 0 Å². The first-order chi connectivity index (χ1) is 11.4. The summed E-state index contributed by atoms with van der Waals surface area (Å²) >= 11 is 0. The number of nitrogens with zero attached hydrogens (tertiary/aromatic N) is 3. The van der Waals surface area contributed by atoms with E-state index in [1.807, 2.05) is 62.7 Å². The minimum absolute atomic E-state index is 0.141. The summed E-state index contributed by atoms with van der Waals surface area (Å²) in [5.74, 6) is -0.141. The lowest BCUT2D eigenvalue weighted by Gasteiger charge is -2.08. The molecule has 0 fully saturated rings. The Labute approximate surface area is 140 Å². The SMILES string of the molecule is Cc1cc(C)n(Cc2cccc(C(=O)Nc3c(C)n[nH]c3C)c2)n1. The van der Waals surface area contributed by atoms with Crippen LogP contribution in [-0.2, 0) is 6.54 Å². The normalized spacial score (nSPS) is 10.8. The van der Waals surface area contributed by atoms with Gasteiger partial charge in [-0.05, 0) is 51.5 Å². The Kier molecular flexibility index (Phi) is 4.20. The zero-order valence-corrected chi connectivity index (χ0v) is 14.3. The molecule has 0 saturated carbocycles. The lowest BCUT2D eigenvalue weighted by Crippen LogP contribution is -2.13. The van der Waals surface area contributed by atoms with Gasteiger partial charge in [0.25, 0.3) is 5.91 Å². The van der Waals surface area contributed by atoms with Crippen molar-refractivity contribution in [2.45, 2.75) is 34.2 Å². The smallest absolute Gasteiger partial charge is 0.255 e. The molecule has 2 N–H and O–H groups in total. The minimum Gasteiger partial charge on any atom is -0.319 e. The van der Waals surface area contributed by atoms with Crippen LogP contribution in [0.15, 0.2) is 30.3 Å². The number of aromatic nitrogens is 4. The zero-order chi connectivity index (χ0) is 17.3. The lowest BCUT2D eigenvalue weighted by molar-refractivity contribution is 0.102. The molecule has 1 aromatic carbocycles. The topological polar surface area (TPSA) is 75.6 Å². The molecule has 124 valence electrons. The third-order valence-corrected chi connectivity index (χ3v) is 3.99. The summed E-state index contributed by atoms with van der Waals surface area (Å²) in [6.45, 7) is 8.39. The molecule has 0 radical (unpaired) electrons. The third kappa shape index (κ3) is 3.22. The molecule has 1 amide bonds. The molecule has 3 rings (SSSR count). The Hall–Kier alpha value is -2.89. The maximum Gasteiger partial charge on any atom is 0.255 e. The molecule has 0 aliphatic rings. The number of anilines is 1. The molecule has 2 heterocycles. The van der Waals surface area contributed by atoms with Crippen molar-refractivity contribution in [2.75, 3.05) is 5.32 Å². The number of benzene rings is 1. The van der Waals surface area contributed by atoms with Crippen LogP contribution in [-0.4, -0.2) is 25.9 Å². The van der Waals surface area contributed by atoms with Crippen LogP contribution in [0.2, 0.25) is 0 Å². The Balaban J connectivity index is 1.80. The Morgan fingerprint density at radius 3 is 2.62 bits per heavy atom. The molecule has 3 aromatic rings. The summed E-state index contributed by atoms with van der Waals surface area (Å²) in [5.41, 5.74) is 6.12. The van der Waals surface area contributed by atoms with Crippen LogP contribution in [0, 0.1) is 27.7 Å². The maximum absolute atomic E-state index is 12.5. The zero-order valence-electron chi connectivity index (χ0n) is 14.3. The van der Waals surface area contributed by atoms with Crippen LogP contribution in [0.1, 0.15) is 38.7 Å². The van der Waals surface area contributed by atoms with E-state index in [2.05, 4.69) is 20.6 Å². The molecular weight excluding hydrogens is 302 g/mol. The van der Waals surface area contributed by atoms with Crippen LogP contribution in [0.3, 0.4) is 0 Å². The second-order valence-corrected chi connectivity index (χ2v) is 6.05. The monoisotopic (exact) mass is 323 g/mol. The Morgan fingerprint density at radius 1 is 1.21 bits per heavy atom. The van der Waals surface area contributed by atoms with Gasteiger partial charge in [0.2, 0.25) is 0 Å². The highest BCUT2D eigenvalue weighted by molar-refractivity contribution is 6.04. The molecule has 0 saturated heterocycles. The van der Waals surface area contributed by atoms with E-state index in [-0.39, 0.29) is 5.91 Å². The van der Waals surface area contributed by atoms with Gasteiger partial charge in [-0.15, -0.1) is 0 Å². The number of hydrogen-bond donors (Lipinski definition) is 2. The largest absolute Gasteiger partial charge is 0.319 e. The fraction of sp³-hybridized carbons (Fsp3) is 0.278. The summed E-state index contributed by atoms with van der Waals surface area (Å²) in [7, 11) is 0. The predicted octanol–water partition coefficient (Wildman–Crippen LogP) is 3.14. The summed E-state index contributed by atoms with van der Waals surface area (Å²) in [5, 5.41) is 14.4. The van der Waals surface area contributed by atoms with E-state index in [1.165, 1.54) is 0 Å². The minimum atomic E-state index is -0.141. The van der Waals surface area contributed by atoms with Crippen molar-refractivity contribution in [1.29, 1.82) is 0 Å². The molecule has 6 nitrogen and oxygen atoms in total. The van der Waals surface area contributed by atoms with Gasteiger partial charge in [-0.2, -0.15) is 10.2 Å². The van der Waals surface area contributed by atoms with Gasteiger partial charge in [0.1, 0.15) is 0 Å². The number of nitrogens with one attached hydrogen (secondary N) is 2. The number of aromatic amines is 1. The standard InChI is InChI=1S/C18H21N5O/c1-11-8-12(2)23(22-11)10-15-6-5-7-16(9-15)18(24)19-17-13(3)20-21-14(17)4/h5-9H,10H2,1-4H3,(H,19,24)(H,20,21). The van der Waals surface area contributed by atoms with Crippen molar-refractivity contribution in [2.24, 2.45) is 0 Å². The Morgan fingerprint density at radius 2 is 2.00 bits per heavy atom. The maximum atomic E-state index is 12.5. The number of H-pyrrole nitrogens is 1. The second kappa shape index (κ2) is 6.31. The number of carbonyl (C=O) groups excluding carboxylic acids is 1. The lowest BCUT2D eigenvalue weighted by atomic mass is 10.1. The first-order valence-corrected chi connectivity index (χ1v) is 7.87.